The summed E-state index contributed by atoms with van der Waals surface area (Å²) in [5.74, 6) is -0.0994. The fourth-order valence-electron chi connectivity index (χ4n) is 3.05. The number of methoxy groups -OCH3 is 3. The number of nitrogens with zero attached hydrogens (tertiary/aromatic N) is 1. The van der Waals surface area contributed by atoms with E-state index in [4.69, 9.17) is 14.2 Å². The Morgan fingerprint density at radius 3 is 2.42 bits per heavy atom. The van der Waals surface area contributed by atoms with Crippen LogP contribution in [0, 0.1) is 0 Å². The van der Waals surface area contributed by atoms with Gasteiger partial charge in [0, 0.05) is 18.3 Å². The van der Waals surface area contributed by atoms with Gasteiger partial charge in [-0.1, -0.05) is 12.1 Å². The van der Waals surface area contributed by atoms with E-state index in [0.717, 1.165) is 16.3 Å². The number of aliphatic imine (C=N–C) groups is 1. The number of rotatable bonds is 10. The number of anilines is 1. The molecule has 0 atom stereocenters. The summed E-state index contributed by atoms with van der Waals surface area (Å²) in [6.45, 7) is 0.377. The van der Waals surface area contributed by atoms with E-state index in [9.17, 15) is 9.90 Å². The van der Waals surface area contributed by atoms with Crippen molar-refractivity contribution >= 4 is 46.7 Å². The van der Waals surface area contributed by atoms with Crippen LogP contribution in [0.4, 0.5) is 10.7 Å². The summed E-state index contributed by atoms with van der Waals surface area (Å²) in [5, 5.41) is 19.1. The Bertz CT molecular complexity index is 1070. The maximum Gasteiger partial charge on any atom is 0.259 e. The zero-order valence-corrected chi connectivity index (χ0v) is 20.1. The van der Waals surface area contributed by atoms with Crippen LogP contribution in [0.3, 0.4) is 0 Å². The van der Waals surface area contributed by atoms with Gasteiger partial charge in [-0.3, -0.25) is 4.79 Å². The maximum absolute atomic E-state index is 12.7. The highest BCUT2D eigenvalue weighted by Crippen LogP contribution is 2.44. The molecule has 0 saturated heterocycles. The zero-order valence-electron chi connectivity index (χ0n) is 18.5. The first-order chi connectivity index (χ1) is 15.6. The van der Waals surface area contributed by atoms with Gasteiger partial charge in [0.25, 0.3) is 5.91 Å². The van der Waals surface area contributed by atoms with Crippen molar-refractivity contribution in [2.24, 2.45) is 4.99 Å². The highest BCUT2D eigenvalue weighted by atomic mass is 35.5. The fraction of sp³-hybridized carbons (Fsp3) is 0.217. The lowest BCUT2D eigenvalue weighted by molar-refractivity contribution is 0.0947. The number of aromatic hydroxyl groups is 1. The quantitative estimate of drug-likeness (QED) is 0.282. The molecule has 0 unspecified atom stereocenters. The van der Waals surface area contributed by atoms with Gasteiger partial charge in [0.15, 0.2) is 11.5 Å². The van der Waals surface area contributed by atoms with Crippen LogP contribution < -0.4 is 24.8 Å². The van der Waals surface area contributed by atoms with Gasteiger partial charge >= 0.3 is 0 Å². The Hall–Kier alpha value is -3.43. The molecular weight excluding hydrogens is 466 g/mol. The van der Waals surface area contributed by atoms with Crippen molar-refractivity contribution in [2.45, 2.75) is 6.42 Å². The summed E-state index contributed by atoms with van der Waals surface area (Å²) in [4.78, 5) is 17.0. The Kier molecular flexibility index (Phi) is 9.84. The van der Waals surface area contributed by atoms with Crippen molar-refractivity contribution < 1.29 is 24.1 Å². The van der Waals surface area contributed by atoms with Gasteiger partial charge in [-0.25, -0.2) is 4.99 Å². The number of carbonyl (C=O) groups is 1. The first-order valence-corrected chi connectivity index (χ1v) is 10.7. The van der Waals surface area contributed by atoms with Crippen molar-refractivity contribution in [1.82, 2.24) is 5.32 Å². The molecule has 8 nitrogen and oxygen atoms in total. The molecule has 3 N–H and O–H groups in total. The van der Waals surface area contributed by atoms with E-state index in [2.05, 4.69) is 15.6 Å². The van der Waals surface area contributed by atoms with E-state index < -0.39 is 5.91 Å². The number of nitrogens with one attached hydrogen (secondary N) is 2. The fourth-order valence-corrected chi connectivity index (χ4v) is 3.62. The van der Waals surface area contributed by atoms with Gasteiger partial charge in [-0.2, -0.15) is 0 Å². The largest absolute Gasteiger partial charge is 0.507 e. The molecule has 33 heavy (non-hydrogen) atoms. The third kappa shape index (κ3) is 6.53. The monoisotopic (exact) mass is 491 g/mol. The third-order valence-corrected chi connectivity index (χ3v) is 5.39. The van der Waals surface area contributed by atoms with Gasteiger partial charge in [0.1, 0.15) is 16.3 Å². The Labute approximate surface area is 202 Å². The first-order valence-electron chi connectivity index (χ1n) is 9.79. The molecule has 0 aliphatic rings. The lowest BCUT2D eigenvalue weighted by atomic mass is 10.1. The predicted molar refractivity (Wildman–Crippen MR) is 134 cm³/mol. The van der Waals surface area contributed by atoms with Crippen molar-refractivity contribution in [2.75, 3.05) is 33.2 Å². The van der Waals surface area contributed by atoms with Crippen molar-refractivity contribution in [3.8, 4) is 23.0 Å². The number of carbonyl (C=O) groups excluding carboxylic acids is 1. The normalized spacial score (nSPS) is 10.4. The minimum absolute atomic E-state index is 0. The van der Waals surface area contributed by atoms with E-state index in [-0.39, 0.29) is 41.0 Å². The molecule has 0 radical (unpaired) electrons. The van der Waals surface area contributed by atoms with Gasteiger partial charge in [-0.15, -0.1) is 23.7 Å². The average Bonchev–Trinajstić information content (AvgIpc) is 3.32. The Balaban J connectivity index is 0.00000385. The van der Waals surface area contributed by atoms with E-state index in [1.807, 2.05) is 41.8 Å². The van der Waals surface area contributed by atoms with Crippen molar-refractivity contribution in [1.29, 1.82) is 0 Å². The summed E-state index contributed by atoms with van der Waals surface area (Å²) in [6, 6.07) is 13.1. The standard InChI is InChI=1S/C23H25N3O5S.ClH/c1-29-18-13-17(27)20(22(31-3)21(18)30-2)23(28)24-11-10-15-6-8-16(9-7-15)25-14-26-19-5-4-12-32-19;/h4-9,12-14,27H,10-11H2,1-3H3,(H,24,28)(H,25,26);1H. The summed E-state index contributed by atoms with van der Waals surface area (Å²) >= 11 is 1.57. The van der Waals surface area contributed by atoms with Crippen LogP contribution in [0.15, 0.2) is 52.8 Å². The first kappa shape index (κ1) is 25.8. The highest BCUT2D eigenvalue weighted by molar-refractivity contribution is 7.13. The van der Waals surface area contributed by atoms with E-state index in [1.54, 1.807) is 17.7 Å². The Morgan fingerprint density at radius 1 is 1.09 bits per heavy atom. The van der Waals surface area contributed by atoms with E-state index in [1.165, 1.54) is 27.4 Å². The second-order valence-electron chi connectivity index (χ2n) is 6.60. The minimum Gasteiger partial charge on any atom is -0.507 e. The highest BCUT2D eigenvalue weighted by Gasteiger charge is 2.25. The molecule has 0 fully saturated rings. The van der Waals surface area contributed by atoms with Gasteiger partial charge in [0.2, 0.25) is 5.75 Å². The molecule has 3 aromatic rings. The van der Waals surface area contributed by atoms with Crippen molar-refractivity contribution in [3.63, 3.8) is 0 Å². The summed E-state index contributed by atoms with van der Waals surface area (Å²) in [5.41, 5.74) is 1.96. The SMILES string of the molecule is COc1cc(O)c(C(=O)NCCc2ccc(N/C=N/c3cccs3)cc2)c(OC)c1OC.Cl. The number of halogens is 1. The second-order valence-corrected chi connectivity index (χ2v) is 7.52. The number of benzene rings is 2. The molecule has 10 heteroatoms. The molecule has 1 heterocycles. The maximum atomic E-state index is 12.7. The predicted octanol–water partition coefficient (Wildman–Crippen LogP) is 4.65. The molecule has 0 saturated carbocycles. The summed E-state index contributed by atoms with van der Waals surface area (Å²) in [6.07, 6.45) is 2.27. The molecule has 3 rings (SSSR count). The molecule has 0 bridgehead atoms. The molecule has 2 aromatic carbocycles. The molecule has 1 aromatic heterocycles. The number of amides is 1. The van der Waals surface area contributed by atoms with Crippen LogP contribution in [0.5, 0.6) is 23.0 Å². The number of hydrogen-bond donors (Lipinski definition) is 3. The number of phenols is 1. The second kappa shape index (κ2) is 12.6. The number of thiophene rings is 1. The van der Waals surface area contributed by atoms with Crippen LogP contribution in [0.1, 0.15) is 15.9 Å². The molecule has 1 amide bonds. The van der Waals surface area contributed by atoms with Crippen LogP contribution in [0.2, 0.25) is 0 Å². The van der Waals surface area contributed by atoms with Gasteiger partial charge < -0.3 is 30.0 Å². The van der Waals surface area contributed by atoms with E-state index in [0.29, 0.717) is 13.0 Å². The molecular formula is C23H26ClN3O5S. The smallest absolute Gasteiger partial charge is 0.259 e. The van der Waals surface area contributed by atoms with Crippen LogP contribution in [-0.2, 0) is 6.42 Å². The third-order valence-electron chi connectivity index (χ3n) is 4.62. The number of hydrogen-bond acceptors (Lipinski definition) is 7. The van der Waals surface area contributed by atoms with Gasteiger partial charge in [-0.05, 0) is 41.6 Å². The number of phenolic OH excluding ortho intramolecular Hbond substituents is 1. The van der Waals surface area contributed by atoms with Crippen LogP contribution >= 0.6 is 23.7 Å². The summed E-state index contributed by atoms with van der Waals surface area (Å²) in [7, 11) is 4.27. The molecule has 176 valence electrons. The molecule has 0 spiro atoms. The molecule has 0 aliphatic heterocycles. The van der Waals surface area contributed by atoms with Crippen LogP contribution in [0.25, 0.3) is 0 Å². The van der Waals surface area contributed by atoms with E-state index >= 15 is 0 Å². The van der Waals surface area contributed by atoms with Crippen molar-refractivity contribution in [3.05, 3.63) is 59.0 Å². The van der Waals surface area contributed by atoms with Crippen LogP contribution in [-0.4, -0.2) is 45.2 Å². The average molecular weight is 492 g/mol. The zero-order chi connectivity index (χ0) is 22.9. The van der Waals surface area contributed by atoms with Gasteiger partial charge in [0.05, 0.1) is 27.7 Å². The molecule has 0 aliphatic carbocycles. The topological polar surface area (TPSA) is 101 Å². The summed E-state index contributed by atoms with van der Waals surface area (Å²) < 4.78 is 15.8. The lowest BCUT2D eigenvalue weighted by Crippen LogP contribution is -2.26. The minimum atomic E-state index is -0.469. The lowest BCUT2D eigenvalue weighted by Gasteiger charge is -2.17. The Morgan fingerprint density at radius 2 is 1.82 bits per heavy atom. The number of ether oxygens (including phenoxy) is 3.